The van der Waals surface area contributed by atoms with E-state index in [1.807, 2.05) is 11.8 Å². The molecule has 1 aliphatic rings. The lowest BCUT2D eigenvalue weighted by molar-refractivity contribution is -0.128. The molecule has 0 atom stereocenters. The van der Waals surface area contributed by atoms with E-state index in [1.165, 1.54) is 0 Å². The van der Waals surface area contributed by atoms with Gasteiger partial charge in [-0.15, -0.1) is 0 Å². The van der Waals surface area contributed by atoms with E-state index in [9.17, 15) is 4.79 Å². The molecule has 1 fully saturated rings. The maximum absolute atomic E-state index is 12.1. The van der Waals surface area contributed by atoms with Gasteiger partial charge in [-0.3, -0.25) is 4.79 Å². The molecule has 2 heterocycles. The zero-order valence-electron chi connectivity index (χ0n) is 11.7. The van der Waals surface area contributed by atoms with Crippen molar-refractivity contribution in [3.63, 3.8) is 0 Å². The molecule has 8 heteroatoms. The molecule has 0 saturated carbocycles. The number of rotatable bonds is 5. The monoisotopic (exact) mass is 299 g/mol. The summed E-state index contributed by atoms with van der Waals surface area (Å²) in [7, 11) is 1.75. The van der Waals surface area contributed by atoms with Crippen LogP contribution in [0, 0.1) is 0 Å². The standard InChI is InChI=1S/C12H18ClN5O2/c1-3-20-12-15-10(13)14-11(16-12)17(2)8-9(19)18-6-4-5-7-18/h3-8H2,1-2H3. The number of carbonyl (C=O) groups is 1. The maximum atomic E-state index is 12.1. The van der Waals surface area contributed by atoms with Crippen LogP contribution in [0.15, 0.2) is 0 Å². The van der Waals surface area contributed by atoms with Gasteiger partial charge >= 0.3 is 6.01 Å². The molecule has 110 valence electrons. The van der Waals surface area contributed by atoms with Crippen LogP contribution in [0.25, 0.3) is 0 Å². The molecule has 0 spiro atoms. The molecule has 0 radical (unpaired) electrons. The number of hydrogen-bond donors (Lipinski definition) is 0. The number of ether oxygens (including phenoxy) is 1. The van der Waals surface area contributed by atoms with Crippen molar-refractivity contribution < 1.29 is 9.53 Å². The van der Waals surface area contributed by atoms with Gasteiger partial charge in [-0.1, -0.05) is 0 Å². The van der Waals surface area contributed by atoms with Gasteiger partial charge < -0.3 is 14.5 Å². The van der Waals surface area contributed by atoms with Crippen LogP contribution in [0.5, 0.6) is 6.01 Å². The molecule has 0 aromatic carbocycles. The van der Waals surface area contributed by atoms with Crippen LogP contribution in [0.1, 0.15) is 19.8 Å². The molecule has 1 aromatic heterocycles. The fraction of sp³-hybridized carbons (Fsp3) is 0.667. The van der Waals surface area contributed by atoms with Gasteiger partial charge in [0.05, 0.1) is 13.2 Å². The topological polar surface area (TPSA) is 71.5 Å². The van der Waals surface area contributed by atoms with E-state index in [0.717, 1.165) is 25.9 Å². The van der Waals surface area contributed by atoms with Gasteiger partial charge in [-0.25, -0.2) is 0 Å². The van der Waals surface area contributed by atoms with Gasteiger partial charge in [-0.05, 0) is 31.4 Å². The summed E-state index contributed by atoms with van der Waals surface area (Å²) in [5, 5.41) is 0.0546. The van der Waals surface area contributed by atoms with E-state index in [1.54, 1.807) is 11.9 Å². The third kappa shape index (κ3) is 3.69. The number of amides is 1. The normalized spacial score (nSPS) is 14.4. The van der Waals surface area contributed by atoms with Crippen LogP contribution in [0.4, 0.5) is 5.95 Å². The summed E-state index contributed by atoms with van der Waals surface area (Å²) < 4.78 is 5.21. The highest BCUT2D eigenvalue weighted by Gasteiger charge is 2.20. The predicted molar refractivity (Wildman–Crippen MR) is 75.1 cm³/mol. The minimum Gasteiger partial charge on any atom is -0.464 e. The lowest BCUT2D eigenvalue weighted by Gasteiger charge is -2.21. The Kier molecular flexibility index (Phi) is 4.94. The molecule has 7 nitrogen and oxygen atoms in total. The first-order valence-corrected chi connectivity index (χ1v) is 7.01. The number of aromatic nitrogens is 3. The minimum atomic E-state index is 0.0546. The van der Waals surface area contributed by atoms with Crippen LogP contribution in [0.2, 0.25) is 5.28 Å². The number of anilines is 1. The smallest absolute Gasteiger partial charge is 0.322 e. The average Bonchev–Trinajstić information content (AvgIpc) is 2.92. The Morgan fingerprint density at radius 1 is 1.35 bits per heavy atom. The van der Waals surface area contributed by atoms with Crippen LogP contribution < -0.4 is 9.64 Å². The van der Waals surface area contributed by atoms with Crippen LogP contribution >= 0.6 is 11.6 Å². The van der Waals surface area contributed by atoms with E-state index in [4.69, 9.17) is 16.3 Å². The second-order valence-electron chi connectivity index (χ2n) is 4.56. The summed E-state index contributed by atoms with van der Waals surface area (Å²) in [5.74, 6) is 0.403. The fourth-order valence-corrected chi connectivity index (χ4v) is 2.17. The summed E-state index contributed by atoms with van der Waals surface area (Å²) in [5.41, 5.74) is 0. The Morgan fingerprint density at radius 2 is 2.05 bits per heavy atom. The van der Waals surface area contributed by atoms with Crippen LogP contribution in [-0.2, 0) is 4.79 Å². The van der Waals surface area contributed by atoms with Gasteiger partial charge in [0.2, 0.25) is 17.1 Å². The molecule has 20 heavy (non-hydrogen) atoms. The maximum Gasteiger partial charge on any atom is 0.322 e. The van der Waals surface area contributed by atoms with Gasteiger partial charge in [0.15, 0.2) is 0 Å². The second kappa shape index (κ2) is 6.69. The highest BCUT2D eigenvalue weighted by molar-refractivity contribution is 6.28. The molecule has 0 aliphatic carbocycles. The van der Waals surface area contributed by atoms with E-state index in [0.29, 0.717) is 12.6 Å². The van der Waals surface area contributed by atoms with E-state index >= 15 is 0 Å². The Labute approximate surface area is 122 Å². The lowest BCUT2D eigenvalue weighted by Crippen LogP contribution is -2.37. The van der Waals surface area contributed by atoms with Crippen LogP contribution in [0.3, 0.4) is 0 Å². The summed E-state index contributed by atoms with van der Waals surface area (Å²) >= 11 is 5.83. The van der Waals surface area contributed by atoms with Crippen molar-refractivity contribution >= 4 is 23.5 Å². The molecular weight excluding hydrogens is 282 g/mol. The van der Waals surface area contributed by atoms with E-state index in [-0.39, 0.29) is 23.7 Å². The number of halogens is 1. The predicted octanol–water partition coefficient (Wildman–Crippen LogP) is 0.982. The number of hydrogen-bond acceptors (Lipinski definition) is 6. The number of carbonyl (C=O) groups excluding carboxylic acids is 1. The molecule has 1 saturated heterocycles. The van der Waals surface area contributed by atoms with Crippen molar-refractivity contribution in [2.75, 3.05) is 38.2 Å². The third-order valence-electron chi connectivity index (χ3n) is 3.02. The first-order chi connectivity index (χ1) is 9.60. The van der Waals surface area contributed by atoms with Crippen molar-refractivity contribution in [3.8, 4) is 6.01 Å². The first-order valence-electron chi connectivity index (χ1n) is 6.63. The molecule has 0 bridgehead atoms. The van der Waals surface area contributed by atoms with Crippen molar-refractivity contribution in [2.45, 2.75) is 19.8 Å². The zero-order chi connectivity index (χ0) is 14.5. The second-order valence-corrected chi connectivity index (χ2v) is 4.90. The molecule has 1 aromatic rings. The van der Waals surface area contributed by atoms with Crippen molar-refractivity contribution in [1.82, 2.24) is 19.9 Å². The minimum absolute atomic E-state index is 0.0546. The largest absolute Gasteiger partial charge is 0.464 e. The third-order valence-corrected chi connectivity index (χ3v) is 3.19. The quantitative estimate of drug-likeness (QED) is 0.807. The highest BCUT2D eigenvalue weighted by atomic mass is 35.5. The zero-order valence-corrected chi connectivity index (χ0v) is 12.4. The van der Waals surface area contributed by atoms with Gasteiger partial charge in [0.1, 0.15) is 0 Å². The summed E-state index contributed by atoms with van der Waals surface area (Å²) in [4.78, 5) is 27.6. The Morgan fingerprint density at radius 3 is 2.70 bits per heavy atom. The summed E-state index contributed by atoms with van der Waals surface area (Å²) in [6.07, 6.45) is 2.14. The van der Waals surface area contributed by atoms with Crippen molar-refractivity contribution in [2.24, 2.45) is 0 Å². The molecule has 0 unspecified atom stereocenters. The Hall–Kier alpha value is -1.63. The van der Waals surface area contributed by atoms with Crippen molar-refractivity contribution in [3.05, 3.63) is 5.28 Å². The van der Waals surface area contributed by atoms with Crippen molar-refractivity contribution in [1.29, 1.82) is 0 Å². The van der Waals surface area contributed by atoms with E-state index in [2.05, 4.69) is 15.0 Å². The van der Waals surface area contributed by atoms with Crippen LogP contribution in [-0.4, -0.2) is 59.0 Å². The Balaban J connectivity index is 2.04. The number of likely N-dealkylation sites (N-methyl/N-ethyl adjacent to an activating group) is 1. The Bertz CT molecular complexity index is 479. The fourth-order valence-electron chi connectivity index (χ4n) is 2.03. The number of nitrogens with zero attached hydrogens (tertiary/aromatic N) is 5. The summed E-state index contributed by atoms with van der Waals surface area (Å²) in [6, 6.07) is 0.169. The van der Waals surface area contributed by atoms with Gasteiger partial charge in [0, 0.05) is 20.1 Å². The average molecular weight is 300 g/mol. The highest BCUT2D eigenvalue weighted by Crippen LogP contribution is 2.15. The van der Waals surface area contributed by atoms with E-state index < -0.39 is 0 Å². The molecule has 1 amide bonds. The number of likely N-dealkylation sites (tertiary alicyclic amines) is 1. The SMILES string of the molecule is CCOc1nc(Cl)nc(N(C)CC(=O)N2CCCC2)n1. The molecular formula is C12H18ClN5O2. The van der Waals surface area contributed by atoms with Gasteiger partial charge in [-0.2, -0.15) is 15.0 Å². The molecule has 1 aliphatic heterocycles. The van der Waals surface area contributed by atoms with Gasteiger partial charge in [0.25, 0.3) is 0 Å². The molecule has 0 N–H and O–H groups in total. The summed E-state index contributed by atoms with van der Waals surface area (Å²) in [6.45, 7) is 4.14. The lowest BCUT2D eigenvalue weighted by atomic mass is 10.4. The first kappa shape index (κ1) is 14.8. The molecule has 2 rings (SSSR count).